The fourth-order valence-electron chi connectivity index (χ4n) is 0.303. The zero-order valence-corrected chi connectivity index (χ0v) is 5.30. The van der Waals surface area contributed by atoms with Crippen molar-refractivity contribution in [2.75, 3.05) is 0 Å². The minimum absolute atomic E-state index is 0.579. The fourth-order valence-corrected chi connectivity index (χ4v) is 0.303. The highest BCUT2D eigenvalue weighted by Gasteiger charge is 2.10. The summed E-state index contributed by atoms with van der Waals surface area (Å²) in [5, 5.41) is 21.5. The number of hydrogen-bond donors (Lipinski definition) is 3. The summed E-state index contributed by atoms with van der Waals surface area (Å²) in [5.41, 5.74) is 0. The molecule has 0 atom stereocenters. The van der Waals surface area contributed by atoms with Crippen LogP contribution in [0.4, 0.5) is 0 Å². The summed E-state index contributed by atoms with van der Waals surface area (Å²) in [6, 6.07) is 0. The molecule has 1 rings (SSSR count). The third kappa shape index (κ3) is 6.71. The molecular formula is C4H5BO6. The molecule has 0 unspecified atom stereocenters. The highest BCUT2D eigenvalue weighted by atomic mass is 16.6. The van der Waals surface area contributed by atoms with Gasteiger partial charge < -0.3 is 19.8 Å². The molecule has 11 heavy (non-hydrogen) atoms. The van der Waals surface area contributed by atoms with Crippen molar-refractivity contribution in [3.63, 3.8) is 0 Å². The minimum atomic E-state index is -2.17. The molecule has 0 aromatic rings. The monoisotopic (exact) mass is 160 g/mol. The lowest BCUT2D eigenvalue weighted by Gasteiger charge is -1.80. The van der Waals surface area contributed by atoms with Crippen molar-refractivity contribution >= 4 is 19.3 Å². The number of ether oxygens (including phenoxy) is 1. The highest BCUT2D eigenvalue weighted by molar-refractivity contribution is 6.30. The molecule has 0 aromatic carbocycles. The van der Waals surface area contributed by atoms with Crippen LogP contribution >= 0.6 is 0 Å². The zero-order chi connectivity index (χ0) is 8.85. The summed E-state index contributed by atoms with van der Waals surface area (Å²) in [5.74, 6) is -1.16. The minimum Gasteiger partial charge on any atom is -0.402 e. The Morgan fingerprint density at radius 3 is 1.45 bits per heavy atom. The van der Waals surface area contributed by atoms with Crippen LogP contribution in [0.5, 0.6) is 0 Å². The van der Waals surface area contributed by atoms with Crippen molar-refractivity contribution in [2.45, 2.75) is 0 Å². The molecule has 7 heteroatoms. The van der Waals surface area contributed by atoms with E-state index >= 15 is 0 Å². The molecule has 1 heterocycles. The van der Waals surface area contributed by atoms with Crippen molar-refractivity contribution < 1.29 is 29.4 Å². The first-order valence-electron chi connectivity index (χ1n) is 2.50. The van der Waals surface area contributed by atoms with Gasteiger partial charge in [-0.25, -0.2) is 9.59 Å². The van der Waals surface area contributed by atoms with Crippen LogP contribution in [0.15, 0.2) is 12.2 Å². The van der Waals surface area contributed by atoms with Crippen LogP contribution in [-0.4, -0.2) is 34.3 Å². The normalized spacial score (nSPS) is 13.7. The van der Waals surface area contributed by atoms with Crippen LogP contribution in [0.1, 0.15) is 0 Å². The van der Waals surface area contributed by atoms with Gasteiger partial charge in [-0.1, -0.05) is 0 Å². The molecule has 0 radical (unpaired) electrons. The maximum absolute atomic E-state index is 9.92. The van der Waals surface area contributed by atoms with Crippen molar-refractivity contribution in [3.8, 4) is 0 Å². The standard InChI is InChI=1S/C4H2O3.BH3O3/c5-3-1-2-4(6)7-3;2-1(3)4/h1-2H;2-4H. The van der Waals surface area contributed by atoms with Gasteiger partial charge in [0.15, 0.2) is 0 Å². The maximum Gasteiger partial charge on any atom is 0.631 e. The van der Waals surface area contributed by atoms with Crippen LogP contribution in [-0.2, 0) is 14.3 Å². The maximum atomic E-state index is 9.92. The van der Waals surface area contributed by atoms with E-state index in [1.54, 1.807) is 0 Å². The van der Waals surface area contributed by atoms with E-state index in [1.807, 2.05) is 0 Å². The number of hydrogen-bond acceptors (Lipinski definition) is 6. The van der Waals surface area contributed by atoms with Crippen molar-refractivity contribution in [2.24, 2.45) is 0 Å². The van der Waals surface area contributed by atoms with Crippen molar-refractivity contribution in [1.29, 1.82) is 0 Å². The van der Waals surface area contributed by atoms with Crippen molar-refractivity contribution in [1.82, 2.24) is 0 Å². The van der Waals surface area contributed by atoms with Gasteiger partial charge in [0.25, 0.3) is 0 Å². The SMILES string of the molecule is O=C1C=CC(=O)O1.OB(O)O. The summed E-state index contributed by atoms with van der Waals surface area (Å²) in [7, 11) is -2.17. The molecular weight excluding hydrogens is 155 g/mol. The average molecular weight is 160 g/mol. The Morgan fingerprint density at radius 1 is 1.09 bits per heavy atom. The first kappa shape index (κ1) is 9.82. The van der Waals surface area contributed by atoms with Crippen LogP contribution < -0.4 is 0 Å². The summed E-state index contributed by atoms with van der Waals surface area (Å²) in [6.07, 6.45) is 2.17. The number of carbonyl (C=O) groups is 2. The number of cyclic esters (lactones) is 2. The predicted octanol–water partition coefficient (Wildman–Crippen LogP) is -2.43. The van der Waals surface area contributed by atoms with Gasteiger partial charge in [-0.3, -0.25) is 0 Å². The van der Waals surface area contributed by atoms with E-state index in [-0.39, 0.29) is 0 Å². The molecule has 0 aromatic heterocycles. The molecule has 1 aliphatic heterocycles. The Bertz CT molecular complexity index is 166. The third-order valence-electron chi connectivity index (χ3n) is 0.557. The second-order valence-electron chi connectivity index (χ2n) is 1.42. The molecule has 0 amide bonds. The zero-order valence-electron chi connectivity index (χ0n) is 5.30. The van der Waals surface area contributed by atoms with Gasteiger partial charge in [-0.2, -0.15) is 0 Å². The molecule has 1 aliphatic rings. The molecule has 0 fully saturated rings. The quantitative estimate of drug-likeness (QED) is 0.207. The number of esters is 2. The van der Waals surface area contributed by atoms with E-state index in [4.69, 9.17) is 15.1 Å². The molecule has 6 nitrogen and oxygen atoms in total. The molecule has 0 saturated heterocycles. The molecule has 60 valence electrons. The molecule has 0 saturated carbocycles. The van der Waals surface area contributed by atoms with Crippen LogP contribution in [0.2, 0.25) is 0 Å². The largest absolute Gasteiger partial charge is 0.631 e. The lowest BCUT2D eigenvalue weighted by atomic mass is 10.3. The van der Waals surface area contributed by atoms with Gasteiger partial charge >= 0.3 is 19.3 Å². The predicted molar refractivity (Wildman–Crippen MR) is 32.6 cm³/mol. The first-order chi connectivity index (χ1) is 5.02. The second kappa shape index (κ2) is 4.61. The number of rotatable bonds is 0. The van der Waals surface area contributed by atoms with E-state index in [1.165, 1.54) is 0 Å². The first-order valence-corrected chi connectivity index (χ1v) is 2.50. The third-order valence-corrected chi connectivity index (χ3v) is 0.557. The van der Waals surface area contributed by atoms with E-state index in [0.717, 1.165) is 12.2 Å². The molecule has 0 spiro atoms. The summed E-state index contributed by atoms with van der Waals surface area (Å²) < 4.78 is 3.97. The topological polar surface area (TPSA) is 104 Å². The smallest absolute Gasteiger partial charge is 0.402 e. The van der Waals surface area contributed by atoms with Gasteiger partial charge in [0.05, 0.1) is 0 Å². The van der Waals surface area contributed by atoms with Crippen LogP contribution in [0.3, 0.4) is 0 Å². The van der Waals surface area contributed by atoms with E-state index in [2.05, 4.69) is 4.74 Å². The average Bonchev–Trinajstić information content (AvgIpc) is 2.13. The van der Waals surface area contributed by atoms with Gasteiger partial charge in [-0.05, 0) is 0 Å². The highest BCUT2D eigenvalue weighted by Crippen LogP contribution is 1.92. The molecule has 0 aliphatic carbocycles. The van der Waals surface area contributed by atoms with Crippen LogP contribution in [0, 0.1) is 0 Å². The second-order valence-corrected chi connectivity index (χ2v) is 1.42. The van der Waals surface area contributed by atoms with E-state index in [0.29, 0.717) is 0 Å². The lowest BCUT2D eigenvalue weighted by molar-refractivity contribution is -0.150. The Balaban J connectivity index is 0.000000218. The Labute approximate surface area is 61.9 Å². The lowest BCUT2D eigenvalue weighted by Crippen LogP contribution is -2.07. The van der Waals surface area contributed by atoms with Gasteiger partial charge in [0.2, 0.25) is 0 Å². The Kier molecular flexibility index (Phi) is 4.12. The van der Waals surface area contributed by atoms with E-state index in [9.17, 15) is 9.59 Å². The van der Waals surface area contributed by atoms with Gasteiger partial charge in [0.1, 0.15) is 0 Å². The summed E-state index contributed by atoms with van der Waals surface area (Å²) in [6.45, 7) is 0. The number of carbonyl (C=O) groups excluding carboxylic acids is 2. The van der Waals surface area contributed by atoms with Crippen LogP contribution in [0.25, 0.3) is 0 Å². The van der Waals surface area contributed by atoms with Gasteiger partial charge in [0, 0.05) is 12.2 Å². The molecule has 0 bridgehead atoms. The Morgan fingerprint density at radius 2 is 1.36 bits per heavy atom. The fraction of sp³-hybridized carbons (Fsp3) is 0. The molecule has 3 N–H and O–H groups in total. The van der Waals surface area contributed by atoms with E-state index < -0.39 is 19.3 Å². The summed E-state index contributed by atoms with van der Waals surface area (Å²) in [4.78, 5) is 19.8. The van der Waals surface area contributed by atoms with Gasteiger partial charge in [-0.15, -0.1) is 0 Å². The Hall–Kier alpha value is -1.18. The van der Waals surface area contributed by atoms with Crippen molar-refractivity contribution in [3.05, 3.63) is 12.2 Å². The summed E-state index contributed by atoms with van der Waals surface area (Å²) >= 11 is 0.